The number of hydrogen-bond acceptors (Lipinski definition) is 0. The average molecular weight is 220 g/mol. The Morgan fingerprint density at radius 2 is 1.47 bits per heavy atom. The minimum atomic E-state index is 0.330. The maximum absolute atomic E-state index is 3.35. The van der Waals surface area contributed by atoms with Gasteiger partial charge in [0, 0.05) is 11.5 Å². The van der Waals surface area contributed by atoms with Crippen LogP contribution in [0.15, 0.2) is 60.7 Å². The fraction of sp³-hybridized carbons (Fsp3) is 0.176. The van der Waals surface area contributed by atoms with Crippen molar-refractivity contribution in [2.24, 2.45) is 0 Å². The van der Waals surface area contributed by atoms with E-state index < -0.39 is 0 Å². The number of benzene rings is 2. The van der Waals surface area contributed by atoms with Gasteiger partial charge >= 0.3 is 0 Å². The predicted molar refractivity (Wildman–Crippen MR) is 72.8 cm³/mol. The molecule has 0 N–H and O–H groups in total. The van der Waals surface area contributed by atoms with Crippen LogP contribution in [-0.2, 0) is 0 Å². The molecule has 2 aromatic carbocycles. The van der Waals surface area contributed by atoms with Gasteiger partial charge in [0.25, 0.3) is 0 Å². The zero-order valence-corrected chi connectivity index (χ0v) is 10.1. The summed E-state index contributed by atoms with van der Waals surface area (Å²) in [6.07, 6.45) is 1.05. The van der Waals surface area contributed by atoms with Crippen molar-refractivity contribution in [1.29, 1.82) is 0 Å². The van der Waals surface area contributed by atoms with E-state index >= 15 is 0 Å². The third-order valence-electron chi connectivity index (χ3n) is 2.77. The van der Waals surface area contributed by atoms with E-state index in [2.05, 4.69) is 43.0 Å². The molecule has 2 rings (SSSR count). The molecule has 0 saturated carbocycles. The number of rotatable bonds is 2. The van der Waals surface area contributed by atoms with Crippen LogP contribution in [0.25, 0.3) is 0 Å². The molecule has 0 fully saturated rings. The molecule has 17 heavy (non-hydrogen) atoms. The Balaban J connectivity index is 2.20. The average Bonchev–Trinajstić information content (AvgIpc) is 2.42. The van der Waals surface area contributed by atoms with Gasteiger partial charge < -0.3 is 0 Å². The highest BCUT2D eigenvalue weighted by atomic mass is 14.1. The first-order valence-electron chi connectivity index (χ1n) is 6.01. The predicted octanol–water partition coefficient (Wildman–Crippen LogP) is 4.23. The molecule has 0 unspecified atom stereocenters. The van der Waals surface area contributed by atoms with Gasteiger partial charge in [0.15, 0.2) is 0 Å². The number of hydrogen-bond donors (Lipinski definition) is 0. The highest BCUT2D eigenvalue weighted by molar-refractivity contribution is 5.37. The molecule has 0 heteroatoms. The molecule has 0 heterocycles. The van der Waals surface area contributed by atoms with Crippen molar-refractivity contribution in [3.63, 3.8) is 0 Å². The van der Waals surface area contributed by atoms with Gasteiger partial charge in [0.2, 0.25) is 0 Å². The van der Waals surface area contributed by atoms with Crippen LogP contribution in [0.4, 0.5) is 0 Å². The van der Waals surface area contributed by atoms with E-state index in [0.29, 0.717) is 5.92 Å². The minimum absolute atomic E-state index is 0.330. The van der Waals surface area contributed by atoms with Gasteiger partial charge in [-0.3, -0.25) is 0 Å². The summed E-state index contributed by atoms with van der Waals surface area (Å²) in [5, 5.41) is 0. The molecular formula is C17H16. The molecule has 0 spiro atoms. The molecule has 0 aromatic heterocycles. The molecule has 0 aliphatic rings. The summed E-state index contributed by atoms with van der Waals surface area (Å²) in [7, 11) is 0. The third-order valence-corrected chi connectivity index (χ3v) is 2.77. The van der Waals surface area contributed by atoms with Gasteiger partial charge in [0.1, 0.15) is 0 Å². The molecule has 0 amide bonds. The van der Waals surface area contributed by atoms with Gasteiger partial charge in [0.05, 0.1) is 0 Å². The van der Waals surface area contributed by atoms with Crippen molar-refractivity contribution in [3.05, 3.63) is 71.8 Å². The molecule has 1 atom stereocenters. The lowest BCUT2D eigenvalue weighted by Gasteiger charge is -2.07. The summed E-state index contributed by atoms with van der Waals surface area (Å²) in [5.74, 6) is 6.93. The second-order valence-corrected chi connectivity index (χ2v) is 4.01. The first kappa shape index (κ1) is 11.5. The Morgan fingerprint density at radius 3 is 2.06 bits per heavy atom. The molecule has 0 saturated heterocycles. The fourth-order valence-corrected chi connectivity index (χ4v) is 1.80. The topological polar surface area (TPSA) is 0 Å². The van der Waals surface area contributed by atoms with Crippen LogP contribution in [0.3, 0.4) is 0 Å². The second kappa shape index (κ2) is 5.92. The van der Waals surface area contributed by atoms with Crippen LogP contribution in [0.1, 0.15) is 30.4 Å². The van der Waals surface area contributed by atoms with Crippen molar-refractivity contribution >= 4 is 0 Å². The van der Waals surface area contributed by atoms with E-state index in [-0.39, 0.29) is 0 Å². The van der Waals surface area contributed by atoms with Gasteiger partial charge in [-0.15, -0.1) is 0 Å². The Labute approximate surface area is 103 Å². The summed E-state index contributed by atoms with van der Waals surface area (Å²) in [6, 6.07) is 20.6. The first-order chi connectivity index (χ1) is 8.40. The largest absolute Gasteiger partial charge is 0.0897 e. The Kier molecular flexibility index (Phi) is 4.00. The first-order valence-corrected chi connectivity index (χ1v) is 6.01. The molecule has 2 aromatic rings. The maximum atomic E-state index is 3.35. The standard InChI is InChI=1S/C17H16/c1-2-16(17-11-7-4-8-12-17)14-13-15-9-5-3-6-10-15/h3-12,16H,2H2,1H3/t16-/m0/s1. The van der Waals surface area contributed by atoms with Crippen molar-refractivity contribution in [2.75, 3.05) is 0 Å². The molecule has 84 valence electrons. The van der Waals surface area contributed by atoms with E-state index in [4.69, 9.17) is 0 Å². The smallest absolute Gasteiger partial charge is 0.0453 e. The van der Waals surface area contributed by atoms with Crippen molar-refractivity contribution < 1.29 is 0 Å². The minimum Gasteiger partial charge on any atom is -0.0897 e. The highest BCUT2D eigenvalue weighted by Crippen LogP contribution is 2.17. The second-order valence-electron chi connectivity index (χ2n) is 4.01. The molecule has 0 nitrogen and oxygen atoms in total. The Morgan fingerprint density at radius 1 is 0.882 bits per heavy atom. The molecule has 0 aliphatic heterocycles. The highest BCUT2D eigenvalue weighted by Gasteiger charge is 2.03. The summed E-state index contributed by atoms with van der Waals surface area (Å²) in [4.78, 5) is 0. The zero-order valence-electron chi connectivity index (χ0n) is 10.1. The maximum Gasteiger partial charge on any atom is 0.0453 e. The Hall–Kier alpha value is -2.00. The van der Waals surface area contributed by atoms with Crippen LogP contribution in [0, 0.1) is 11.8 Å². The summed E-state index contributed by atoms with van der Waals surface area (Å²) < 4.78 is 0. The van der Waals surface area contributed by atoms with Crippen LogP contribution < -0.4 is 0 Å². The lowest BCUT2D eigenvalue weighted by molar-refractivity contribution is 0.830. The fourth-order valence-electron chi connectivity index (χ4n) is 1.80. The summed E-state index contributed by atoms with van der Waals surface area (Å²) in [5.41, 5.74) is 2.39. The third kappa shape index (κ3) is 3.23. The Bertz CT molecular complexity index is 500. The van der Waals surface area contributed by atoms with Gasteiger partial charge in [-0.1, -0.05) is 67.3 Å². The van der Waals surface area contributed by atoms with Crippen LogP contribution in [-0.4, -0.2) is 0 Å². The quantitative estimate of drug-likeness (QED) is 0.664. The van der Waals surface area contributed by atoms with Gasteiger partial charge in [-0.2, -0.15) is 0 Å². The SMILES string of the molecule is CC[C@@H](C#Cc1ccccc1)c1ccccc1. The summed E-state index contributed by atoms with van der Waals surface area (Å²) in [6.45, 7) is 2.18. The monoisotopic (exact) mass is 220 g/mol. The summed E-state index contributed by atoms with van der Waals surface area (Å²) >= 11 is 0. The molecule has 0 aliphatic carbocycles. The van der Waals surface area contributed by atoms with Crippen LogP contribution in [0.2, 0.25) is 0 Å². The van der Waals surface area contributed by atoms with Crippen molar-refractivity contribution in [1.82, 2.24) is 0 Å². The van der Waals surface area contributed by atoms with Crippen LogP contribution in [0.5, 0.6) is 0 Å². The van der Waals surface area contributed by atoms with E-state index in [0.717, 1.165) is 12.0 Å². The van der Waals surface area contributed by atoms with E-state index in [1.165, 1.54) is 5.56 Å². The van der Waals surface area contributed by atoms with Gasteiger partial charge in [-0.05, 0) is 24.1 Å². The zero-order chi connectivity index (χ0) is 11.9. The van der Waals surface area contributed by atoms with E-state index in [1.807, 2.05) is 36.4 Å². The lowest BCUT2D eigenvalue weighted by Crippen LogP contribution is -1.93. The molecule has 0 bridgehead atoms. The van der Waals surface area contributed by atoms with E-state index in [1.54, 1.807) is 0 Å². The van der Waals surface area contributed by atoms with Gasteiger partial charge in [-0.25, -0.2) is 0 Å². The lowest BCUT2D eigenvalue weighted by atomic mass is 9.97. The van der Waals surface area contributed by atoms with E-state index in [9.17, 15) is 0 Å². The van der Waals surface area contributed by atoms with Crippen molar-refractivity contribution in [3.8, 4) is 11.8 Å². The van der Waals surface area contributed by atoms with Crippen LogP contribution >= 0.6 is 0 Å². The molecular weight excluding hydrogens is 204 g/mol. The normalized spacial score (nSPS) is 11.4. The molecule has 0 radical (unpaired) electrons. The van der Waals surface area contributed by atoms with Crippen molar-refractivity contribution in [2.45, 2.75) is 19.3 Å².